The van der Waals surface area contributed by atoms with E-state index >= 15 is 0 Å². The number of hydrogen-bond donors (Lipinski definition) is 0. The van der Waals surface area contributed by atoms with Crippen LogP contribution in [0.5, 0.6) is 0 Å². The average Bonchev–Trinajstić information content (AvgIpc) is 2.45. The smallest absolute Gasteiger partial charge is 0.0874 e. The molecule has 2 aromatic rings. The zero-order valence-corrected chi connectivity index (χ0v) is 10.3. The number of nitrogens with zero attached hydrogens (tertiary/aromatic N) is 3. The standard InChI is InChI=1S/C15H15N3/c1-2-13-18(15-11-7-4-8-12-15)17-16-14-9-5-3-6-10-14/h2-13H,1H3/b13-2-,17-16?. The third-order valence-corrected chi connectivity index (χ3v) is 2.32. The topological polar surface area (TPSA) is 28.0 Å². The predicted octanol–water partition coefficient (Wildman–Crippen LogP) is 4.73. The Morgan fingerprint density at radius 1 is 0.889 bits per heavy atom. The van der Waals surface area contributed by atoms with Crippen LogP contribution >= 0.6 is 0 Å². The summed E-state index contributed by atoms with van der Waals surface area (Å²) in [5.74, 6) is 0. The van der Waals surface area contributed by atoms with Gasteiger partial charge < -0.3 is 0 Å². The molecular weight excluding hydrogens is 222 g/mol. The van der Waals surface area contributed by atoms with E-state index in [4.69, 9.17) is 0 Å². The van der Waals surface area contributed by atoms with E-state index in [1.165, 1.54) is 0 Å². The summed E-state index contributed by atoms with van der Waals surface area (Å²) in [5.41, 5.74) is 1.82. The predicted molar refractivity (Wildman–Crippen MR) is 74.7 cm³/mol. The van der Waals surface area contributed by atoms with Crippen molar-refractivity contribution in [3.63, 3.8) is 0 Å². The lowest BCUT2D eigenvalue weighted by molar-refractivity contribution is 0.964. The largest absolute Gasteiger partial charge is 0.223 e. The van der Waals surface area contributed by atoms with Crippen LogP contribution in [-0.2, 0) is 0 Å². The highest BCUT2D eigenvalue weighted by Gasteiger charge is 1.99. The maximum absolute atomic E-state index is 4.23. The van der Waals surface area contributed by atoms with E-state index in [-0.39, 0.29) is 0 Å². The highest BCUT2D eigenvalue weighted by Crippen LogP contribution is 2.17. The third-order valence-electron chi connectivity index (χ3n) is 2.32. The third kappa shape index (κ3) is 3.28. The van der Waals surface area contributed by atoms with E-state index < -0.39 is 0 Å². The molecular formula is C15H15N3. The van der Waals surface area contributed by atoms with Crippen LogP contribution in [0.1, 0.15) is 6.92 Å². The molecule has 0 heterocycles. The van der Waals surface area contributed by atoms with Gasteiger partial charge in [0.25, 0.3) is 0 Å². The van der Waals surface area contributed by atoms with Gasteiger partial charge in [-0.25, -0.2) is 5.01 Å². The molecule has 0 bridgehead atoms. The number of anilines is 1. The molecule has 3 nitrogen and oxygen atoms in total. The molecule has 0 aliphatic heterocycles. The number of rotatable bonds is 4. The maximum atomic E-state index is 4.23. The zero-order valence-electron chi connectivity index (χ0n) is 10.3. The van der Waals surface area contributed by atoms with Gasteiger partial charge in [-0.2, -0.15) is 0 Å². The van der Waals surface area contributed by atoms with E-state index in [2.05, 4.69) is 10.3 Å². The van der Waals surface area contributed by atoms with Crippen molar-refractivity contribution in [3.05, 3.63) is 72.9 Å². The van der Waals surface area contributed by atoms with Crippen LogP contribution in [0.2, 0.25) is 0 Å². The SMILES string of the molecule is C/C=C\N(N=Nc1ccccc1)c1ccccc1. The second-order valence-corrected chi connectivity index (χ2v) is 3.69. The van der Waals surface area contributed by atoms with E-state index in [1.54, 1.807) is 5.01 Å². The lowest BCUT2D eigenvalue weighted by Gasteiger charge is -2.11. The van der Waals surface area contributed by atoms with E-state index in [0.717, 1.165) is 11.4 Å². The number of para-hydroxylation sites is 1. The minimum absolute atomic E-state index is 0.836. The van der Waals surface area contributed by atoms with Gasteiger partial charge in [0.15, 0.2) is 0 Å². The van der Waals surface area contributed by atoms with Crippen LogP contribution in [0.4, 0.5) is 11.4 Å². The lowest BCUT2D eigenvalue weighted by atomic mass is 10.3. The van der Waals surface area contributed by atoms with E-state index in [1.807, 2.05) is 79.9 Å². The van der Waals surface area contributed by atoms with Crippen molar-refractivity contribution in [1.29, 1.82) is 0 Å². The molecule has 0 spiro atoms. The molecule has 2 aromatic carbocycles. The summed E-state index contributed by atoms with van der Waals surface area (Å²) in [6.45, 7) is 1.95. The summed E-state index contributed by atoms with van der Waals surface area (Å²) in [7, 11) is 0. The van der Waals surface area contributed by atoms with Crippen LogP contribution in [0.3, 0.4) is 0 Å². The maximum Gasteiger partial charge on any atom is 0.0874 e. The van der Waals surface area contributed by atoms with Crippen molar-refractivity contribution in [2.45, 2.75) is 6.92 Å². The Labute approximate surface area is 107 Å². The second kappa shape index (κ2) is 6.35. The van der Waals surface area contributed by atoms with Crippen molar-refractivity contribution < 1.29 is 0 Å². The van der Waals surface area contributed by atoms with Gasteiger partial charge in [0.2, 0.25) is 0 Å². The van der Waals surface area contributed by atoms with Crippen LogP contribution in [-0.4, -0.2) is 0 Å². The van der Waals surface area contributed by atoms with Crippen molar-refractivity contribution in [2.24, 2.45) is 10.3 Å². The quantitative estimate of drug-likeness (QED) is 0.558. The molecule has 90 valence electrons. The summed E-state index contributed by atoms with van der Waals surface area (Å²) >= 11 is 0. The number of allylic oxidation sites excluding steroid dienone is 1. The van der Waals surface area contributed by atoms with Gasteiger partial charge in [0.1, 0.15) is 0 Å². The monoisotopic (exact) mass is 237 g/mol. The van der Waals surface area contributed by atoms with Gasteiger partial charge >= 0.3 is 0 Å². The first-order chi connectivity index (χ1) is 8.90. The molecule has 0 atom stereocenters. The Kier molecular flexibility index (Phi) is 4.25. The fourth-order valence-corrected chi connectivity index (χ4v) is 1.48. The van der Waals surface area contributed by atoms with Gasteiger partial charge in [-0.05, 0) is 31.2 Å². The Morgan fingerprint density at radius 2 is 1.50 bits per heavy atom. The fourth-order valence-electron chi connectivity index (χ4n) is 1.48. The van der Waals surface area contributed by atoms with Crippen molar-refractivity contribution >= 4 is 11.4 Å². The lowest BCUT2D eigenvalue weighted by Crippen LogP contribution is -2.05. The Balaban J connectivity index is 2.20. The summed E-state index contributed by atoms with van der Waals surface area (Å²) in [5, 5.41) is 10.2. The zero-order chi connectivity index (χ0) is 12.6. The minimum Gasteiger partial charge on any atom is -0.223 e. The van der Waals surface area contributed by atoms with Crippen molar-refractivity contribution in [2.75, 3.05) is 5.01 Å². The number of benzene rings is 2. The highest BCUT2D eigenvalue weighted by molar-refractivity contribution is 5.47. The van der Waals surface area contributed by atoms with Gasteiger partial charge in [-0.15, -0.1) is 5.11 Å². The van der Waals surface area contributed by atoms with Crippen LogP contribution in [0, 0.1) is 0 Å². The second-order valence-electron chi connectivity index (χ2n) is 3.69. The van der Waals surface area contributed by atoms with Crippen molar-refractivity contribution in [1.82, 2.24) is 0 Å². The molecule has 0 aliphatic rings. The average molecular weight is 237 g/mol. The Bertz CT molecular complexity index is 518. The highest BCUT2D eigenvalue weighted by atomic mass is 15.5. The van der Waals surface area contributed by atoms with Crippen LogP contribution < -0.4 is 5.01 Å². The number of hydrogen-bond acceptors (Lipinski definition) is 2. The Morgan fingerprint density at radius 3 is 2.11 bits per heavy atom. The fraction of sp³-hybridized carbons (Fsp3) is 0.0667. The van der Waals surface area contributed by atoms with Gasteiger partial charge in [-0.1, -0.05) is 47.7 Å². The molecule has 0 radical (unpaired) electrons. The molecule has 0 saturated carbocycles. The van der Waals surface area contributed by atoms with Gasteiger partial charge in [-0.3, -0.25) is 0 Å². The molecule has 0 unspecified atom stereocenters. The molecule has 0 saturated heterocycles. The van der Waals surface area contributed by atoms with Crippen molar-refractivity contribution in [3.8, 4) is 0 Å². The molecule has 0 fully saturated rings. The molecule has 3 heteroatoms. The summed E-state index contributed by atoms with van der Waals surface area (Å²) in [6.07, 6.45) is 3.80. The first kappa shape index (κ1) is 12.0. The first-order valence-corrected chi connectivity index (χ1v) is 5.84. The summed E-state index contributed by atoms with van der Waals surface area (Å²) < 4.78 is 0. The normalized spacial score (nSPS) is 11.2. The van der Waals surface area contributed by atoms with Gasteiger partial charge in [0.05, 0.1) is 11.4 Å². The Hall–Kier alpha value is -2.42. The van der Waals surface area contributed by atoms with E-state index in [9.17, 15) is 0 Å². The van der Waals surface area contributed by atoms with Crippen LogP contribution in [0.15, 0.2) is 83.3 Å². The molecule has 0 aliphatic carbocycles. The molecule has 18 heavy (non-hydrogen) atoms. The molecule has 0 aromatic heterocycles. The molecule has 0 amide bonds. The van der Waals surface area contributed by atoms with E-state index in [0.29, 0.717) is 0 Å². The minimum atomic E-state index is 0.836. The molecule has 0 N–H and O–H groups in total. The van der Waals surface area contributed by atoms with Crippen LogP contribution in [0.25, 0.3) is 0 Å². The summed E-state index contributed by atoms with van der Waals surface area (Å²) in [4.78, 5) is 0. The summed E-state index contributed by atoms with van der Waals surface area (Å²) in [6, 6.07) is 19.6. The van der Waals surface area contributed by atoms with Gasteiger partial charge in [0, 0.05) is 6.20 Å². The molecule has 2 rings (SSSR count). The first-order valence-electron chi connectivity index (χ1n) is 5.84.